The number of carbonyl (C=O) groups is 2. The lowest BCUT2D eigenvalue weighted by molar-refractivity contribution is -0.135. The lowest BCUT2D eigenvalue weighted by Gasteiger charge is -2.35. The van der Waals surface area contributed by atoms with Gasteiger partial charge < -0.3 is 4.43 Å². The average molecular weight is 428 g/mol. The van der Waals surface area contributed by atoms with Crippen LogP contribution in [-0.4, -0.2) is 35.9 Å². The van der Waals surface area contributed by atoms with Crippen LogP contribution in [0.2, 0.25) is 18.1 Å². The molecule has 30 heavy (non-hydrogen) atoms. The molecule has 0 aliphatic carbocycles. The summed E-state index contributed by atoms with van der Waals surface area (Å²) in [5.41, 5.74) is 1.84. The predicted octanol–water partition coefficient (Wildman–Crippen LogP) is 2.69. The second-order valence-corrected chi connectivity index (χ2v) is 14.0. The van der Waals surface area contributed by atoms with Gasteiger partial charge in [0.2, 0.25) is 11.8 Å². The van der Waals surface area contributed by atoms with Gasteiger partial charge in [-0.05, 0) is 42.8 Å². The molecule has 1 unspecified atom stereocenters. The van der Waals surface area contributed by atoms with Crippen molar-refractivity contribution in [3.05, 3.63) is 34.2 Å². The molecular formula is C22H29N3O4Si. The zero-order chi connectivity index (χ0) is 22.3. The third kappa shape index (κ3) is 4.13. The normalized spacial score (nSPS) is 17.6. The SMILES string of the molecule is Cn1c(=O)n(C2CCC(=O)NC2=O)c2ccc(C#CCO[Si](C)(C)C(C)(C)C)cc21. The van der Waals surface area contributed by atoms with Crippen molar-refractivity contribution in [3.63, 3.8) is 0 Å². The number of hydrogen-bond donors (Lipinski definition) is 1. The fourth-order valence-corrected chi connectivity index (χ4v) is 4.11. The lowest BCUT2D eigenvalue weighted by atomic mass is 10.1. The van der Waals surface area contributed by atoms with Gasteiger partial charge in [-0.15, -0.1) is 0 Å². The number of rotatable bonds is 3. The first kappa shape index (κ1) is 22.1. The number of carbonyl (C=O) groups excluding carboxylic acids is 2. The molecule has 1 aromatic heterocycles. The fourth-order valence-electron chi connectivity index (χ4n) is 3.24. The molecule has 1 atom stereocenters. The zero-order valence-electron chi connectivity index (χ0n) is 18.5. The number of imidazole rings is 1. The summed E-state index contributed by atoms with van der Waals surface area (Å²) in [6.07, 6.45) is 0.535. The molecule has 1 aromatic carbocycles. The maximum absolute atomic E-state index is 12.8. The quantitative estimate of drug-likeness (QED) is 0.464. The van der Waals surface area contributed by atoms with E-state index in [1.54, 1.807) is 13.1 Å². The maximum atomic E-state index is 12.8. The summed E-state index contributed by atoms with van der Waals surface area (Å²) in [6.45, 7) is 11.3. The number of imide groups is 1. The molecule has 3 rings (SSSR count). The van der Waals surface area contributed by atoms with E-state index < -0.39 is 20.3 Å². The van der Waals surface area contributed by atoms with Crippen molar-refractivity contribution in [2.45, 2.75) is 57.8 Å². The number of nitrogens with one attached hydrogen (secondary N) is 1. The minimum atomic E-state index is -1.84. The third-order valence-electron chi connectivity index (χ3n) is 6.16. The lowest BCUT2D eigenvalue weighted by Crippen LogP contribution is -2.44. The van der Waals surface area contributed by atoms with Crippen LogP contribution in [0.15, 0.2) is 23.0 Å². The minimum Gasteiger partial charge on any atom is -0.406 e. The van der Waals surface area contributed by atoms with Gasteiger partial charge in [-0.25, -0.2) is 4.79 Å². The molecule has 0 bridgehead atoms. The molecule has 2 aromatic rings. The van der Waals surface area contributed by atoms with Crippen LogP contribution in [0.4, 0.5) is 0 Å². The van der Waals surface area contributed by atoms with E-state index in [0.717, 1.165) is 5.56 Å². The summed E-state index contributed by atoms with van der Waals surface area (Å²) in [7, 11) is -0.172. The van der Waals surface area contributed by atoms with Crippen LogP contribution < -0.4 is 11.0 Å². The van der Waals surface area contributed by atoms with Crippen LogP contribution in [0, 0.1) is 11.8 Å². The van der Waals surface area contributed by atoms with Crippen molar-refractivity contribution in [1.29, 1.82) is 0 Å². The summed E-state index contributed by atoms with van der Waals surface area (Å²) in [6, 6.07) is 4.80. The Morgan fingerprint density at radius 2 is 1.90 bits per heavy atom. The summed E-state index contributed by atoms with van der Waals surface area (Å²) >= 11 is 0. The minimum absolute atomic E-state index is 0.130. The Morgan fingerprint density at radius 3 is 2.53 bits per heavy atom. The summed E-state index contributed by atoms with van der Waals surface area (Å²) < 4.78 is 9.06. The van der Waals surface area contributed by atoms with Crippen molar-refractivity contribution in [1.82, 2.24) is 14.5 Å². The van der Waals surface area contributed by atoms with Crippen LogP contribution in [0.3, 0.4) is 0 Å². The van der Waals surface area contributed by atoms with Gasteiger partial charge in [0.1, 0.15) is 6.04 Å². The number of aryl methyl sites for hydroxylation is 1. The number of amides is 2. The predicted molar refractivity (Wildman–Crippen MR) is 119 cm³/mol. The van der Waals surface area contributed by atoms with Crippen molar-refractivity contribution < 1.29 is 14.0 Å². The number of hydrogen-bond acceptors (Lipinski definition) is 4. The standard InChI is InChI=1S/C22H29N3O4Si/c1-22(2,3)30(5,6)29-13-7-8-15-9-10-16-18(14-15)24(4)21(28)25(16)17-11-12-19(26)23-20(17)27/h9-10,14,17H,11-13H2,1-6H3,(H,23,26,27). The van der Waals surface area contributed by atoms with Crippen LogP contribution in [0.5, 0.6) is 0 Å². The molecule has 1 aliphatic heterocycles. The second kappa shape index (κ2) is 7.89. The van der Waals surface area contributed by atoms with Gasteiger partial charge in [0.05, 0.1) is 17.6 Å². The largest absolute Gasteiger partial charge is 0.406 e. The monoisotopic (exact) mass is 427 g/mol. The van der Waals surface area contributed by atoms with E-state index in [2.05, 4.69) is 51.0 Å². The van der Waals surface area contributed by atoms with Crippen molar-refractivity contribution in [2.75, 3.05) is 6.61 Å². The molecule has 1 aliphatic rings. The van der Waals surface area contributed by atoms with Gasteiger partial charge in [-0.3, -0.25) is 24.0 Å². The van der Waals surface area contributed by atoms with E-state index in [1.807, 2.05) is 12.1 Å². The van der Waals surface area contributed by atoms with Gasteiger partial charge >= 0.3 is 5.69 Å². The van der Waals surface area contributed by atoms with Gasteiger partial charge in [0.15, 0.2) is 8.32 Å². The molecule has 2 heterocycles. The number of benzene rings is 1. The van der Waals surface area contributed by atoms with E-state index >= 15 is 0 Å². The van der Waals surface area contributed by atoms with Crippen LogP contribution in [-0.2, 0) is 21.1 Å². The van der Waals surface area contributed by atoms with Gasteiger partial charge in [0.25, 0.3) is 0 Å². The summed E-state index contributed by atoms with van der Waals surface area (Å²) in [5.74, 6) is 5.45. The maximum Gasteiger partial charge on any atom is 0.329 e. The van der Waals surface area contributed by atoms with E-state index in [0.29, 0.717) is 24.1 Å². The molecule has 0 saturated carbocycles. The molecule has 0 spiro atoms. The highest BCUT2D eigenvalue weighted by molar-refractivity contribution is 6.74. The first-order chi connectivity index (χ1) is 13.9. The molecule has 8 heteroatoms. The van der Waals surface area contributed by atoms with Gasteiger partial charge in [-0.2, -0.15) is 0 Å². The first-order valence-corrected chi connectivity index (χ1v) is 13.0. The molecule has 1 saturated heterocycles. The number of fused-ring (bicyclic) bond motifs is 1. The Hall–Kier alpha value is -2.63. The molecule has 1 fully saturated rings. The van der Waals surface area contributed by atoms with Gasteiger partial charge in [0, 0.05) is 19.0 Å². The Bertz CT molecular complexity index is 1130. The van der Waals surface area contributed by atoms with Crippen LogP contribution >= 0.6 is 0 Å². The topological polar surface area (TPSA) is 82.3 Å². The number of nitrogens with zero attached hydrogens (tertiary/aromatic N) is 2. The third-order valence-corrected chi connectivity index (χ3v) is 10.6. The van der Waals surface area contributed by atoms with Gasteiger partial charge in [-0.1, -0.05) is 32.6 Å². The Kier molecular flexibility index (Phi) is 5.80. The molecule has 160 valence electrons. The zero-order valence-corrected chi connectivity index (χ0v) is 19.5. The molecule has 2 amide bonds. The Labute approximate surface area is 177 Å². The number of piperidine rings is 1. The van der Waals surface area contributed by atoms with Crippen molar-refractivity contribution in [3.8, 4) is 11.8 Å². The van der Waals surface area contributed by atoms with E-state index in [4.69, 9.17) is 4.43 Å². The Balaban J connectivity index is 1.87. The molecule has 1 N–H and O–H groups in total. The highest BCUT2D eigenvalue weighted by Gasteiger charge is 2.36. The summed E-state index contributed by atoms with van der Waals surface area (Å²) in [4.78, 5) is 36.5. The van der Waals surface area contributed by atoms with E-state index in [9.17, 15) is 14.4 Å². The first-order valence-electron chi connectivity index (χ1n) is 10.1. The smallest absolute Gasteiger partial charge is 0.329 e. The Morgan fingerprint density at radius 1 is 1.20 bits per heavy atom. The van der Waals surface area contributed by atoms with Crippen molar-refractivity contribution in [2.24, 2.45) is 7.05 Å². The van der Waals surface area contributed by atoms with Crippen LogP contribution in [0.25, 0.3) is 11.0 Å². The molecule has 0 radical (unpaired) electrons. The van der Waals surface area contributed by atoms with Crippen molar-refractivity contribution >= 4 is 31.2 Å². The second-order valence-electron chi connectivity index (χ2n) is 9.23. The van der Waals surface area contributed by atoms with E-state index in [-0.39, 0.29) is 23.1 Å². The highest BCUT2D eigenvalue weighted by Crippen LogP contribution is 2.36. The van der Waals surface area contributed by atoms with Crippen LogP contribution in [0.1, 0.15) is 45.2 Å². The number of aromatic nitrogens is 2. The summed E-state index contributed by atoms with van der Waals surface area (Å²) in [5, 5.41) is 2.45. The average Bonchev–Trinajstić information content (AvgIpc) is 2.89. The molecular weight excluding hydrogens is 398 g/mol. The molecule has 7 nitrogen and oxygen atoms in total. The fraction of sp³-hybridized carbons (Fsp3) is 0.500. The highest BCUT2D eigenvalue weighted by atomic mass is 28.4. The van der Waals surface area contributed by atoms with E-state index in [1.165, 1.54) is 9.13 Å².